The Bertz CT molecular complexity index is 1150. The molecule has 6 nitrogen and oxygen atoms in total. The molecule has 0 aliphatic heterocycles. The van der Waals surface area contributed by atoms with Crippen LogP contribution in [0, 0.1) is 5.82 Å². The summed E-state index contributed by atoms with van der Waals surface area (Å²) in [5.74, 6) is -2.28. The van der Waals surface area contributed by atoms with Crippen LogP contribution < -0.4 is 4.74 Å². The van der Waals surface area contributed by atoms with Crippen molar-refractivity contribution in [1.29, 1.82) is 0 Å². The van der Waals surface area contributed by atoms with Crippen LogP contribution in [0.2, 0.25) is 0 Å². The van der Waals surface area contributed by atoms with E-state index in [0.29, 0.717) is 0 Å². The molecule has 0 spiro atoms. The van der Waals surface area contributed by atoms with Crippen LogP contribution in [0.25, 0.3) is 11.4 Å². The number of aromatic nitrogens is 2. The van der Waals surface area contributed by atoms with Crippen molar-refractivity contribution in [2.24, 2.45) is 4.36 Å². The summed E-state index contributed by atoms with van der Waals surface area (Å²) in [6, 6.07) is 10.1. The summed E-state index contributed by atoms with van der Waals surface area (Å²) in [5, 5.41) is 3.32. The van der Waals surface area contributed by atoms with Crippen LogP contribution in [0.3, 0.4) is 0 Å². The zero-order valence-electron chi connectivity index (χ0n) is 15.2. The molecule has 3 aromatic rings. The normalized spacial score (nSPS) is 13.7. The Morgan fingerprint density at radius 1 is 1.21 bits per heavy atom. The Labute approximate surface area is 163 Å². The Kier molecular flexibility index (Phi) is 5.60. The fourth-order valence-corrected chi connectivity index (χ4v) is 3.96. The van der Waals surface area contributed by atoms with Crippen LogP contribution in [0.5, 0.6) is 5.75 Å². The molecule has 0 N–H and O–H groups in total. The van der Waals surface area contributed by atoms with E-state index in [2.05, 4.69) is 19.0 Å². The first-order valence-electron chi connectivity index (χ1n) is 8.11. The average molecular weight is 429 g/mol. The standard InChI is InChI=1S/C18H15F4N3O3S/c1-27-15-9-12(25-29(2,26)10-11-5-3-4-6-14(11)19)7-8-13(15)16-23-17(28-24-16)18(20,21)22/h3-9H,10H2,1-2H3. The monoisotopic (exact) mass is 429 g/mol. The molecule has 0 aliphatic carbocycles. The van der Waals surface area contributed by atoms with Crippen molar-refractivity contribution >= 4 is 15.4 Å². The second-order valence-corrected chi connectivity index (χ2v) is 8.48. The van der Waals surface area contributed by atoms with Gasteiger partial charge in [0.1, 0.15) is 11.6 Å². The molecule has 0 bridgehead atoms. The quantitative estimate of drug-likeness (QED) is 0.543. The molecule has 154 valence electrons. The largest absolute Gasteiger partial charge is 0.496 e. The van der Waals surface area contributed by atoms with Crippen LogP contribution in [0.1, 0.15) is 11.5 Å². The van der Waals surface area contributed by atoms with E-state index in [1.54, 1.807) is 6.07 Å². The lowest BCUT2D eigenvalue weighted by atomic mass is 10.1. The predicted octanol–water partition coefficient (Wildman–Crippen LogP) is 4.83. The number of benzene rings is 2. The van der Waals surface area contributed by atoms with Gasteiger partial charge < -0.3 is 9.26 Å². The molecule has 3 rings (SSSR count). The third-order valence-corrected chi connectivity index (χ3v) is 5.22. The number of hydrogen-bond acceptors (Lipinski definition) is 6. The first kappa shape index (κ1) is 20.8. The van der Waals surface area contributed by atoms with E-state index in [-0.39, 0.29) is 34.1 Å². The summed E-state index contributed by atoms with van der Waals surface area (Å²) in [6.45, 7) is 0. The Balaban J connectivity index is 1.94. The van der Waals surface area contributed by atoms with Crippen molar-refractivity contribution in [3.63, 3.8) is 0 Å². The van der Waals surface area contributed by atoms with Crippen molar-refractivity contribution in [1.82, 2.24) is 10.1 Å². The van der Waals surface area contributed by atoms with Gasteiger partial charge in [-0.3, -0.25) is 0 Å². The molecule has 0 radical (unpaired) electrons. The summed E-state index contributed by atoms with van der Waals surface area (Å²) in [4.78, 5) is 3.32. The molecule has 2 aromatic carbocycles. The highest BCUT2D eigenvalue weighted by Crippen LogP contribution is 2.35. The van der Waals surface area contributed by atoms with Crippen molar-refractivity contribution in [3.05, 3.63) is 59.7 Å². The van der Waals surface area contributed by atoms with Gasteiger partial charge >= 0.3 is 12.1 Å². The summed E-state index contributed by atoms with van der Waals surface area (Å²) in [6.07, 6.45) is -3.39. The van der Waals surface area contributed by atoms with Gasteiger partial charge in [0.25, 0.3) is 0 Å². The van der Waals surface area contributed by atoms with Gasteiger partial charge in [-0.05, 0) is 18.2 Å². The maximum atomic E-state index is 13.8. The van der Waals surface area contributed by atoms with Crippen LogP contribution in [0.15, 0.2) is 51.4 Å². The Morgan fingerprint density at radius 3 is 2.55 bits per heavy atom. The number of alkyl halides is 3. The van der Waals surface area contributed by atoms with E-state index in [1.165, 1.54) is 49.8 Å². The van der Waals surface area contributed by atoms with Crippen LogP contribution in [-0.2, 0) is 21.7 Å². The van der Waals surface area contributed by atoms with Crippen molar-refractivity contribution in [2.45, 2.75) is 11.9 Å². The zero-order chi connectivity index (χ0) is 21.2. The number of methoxy groups -OCH3 is 1. The van der Waals surface area contributed by atoms with Gasteiger partial charge in [0.05, 0.1) is 33.8 Å². The Morgan fingerprint density at radius 2 is 1.93 bits per heavy atom. The lowest BCUT2D eigenvalue weighted by molar-refractivity contribution is -0.159. The summed E-state index contributed by atoms with van der Waals surface area (Å²) in [7, 11) is -1.55. The number of hydrogen-bond donors (Lipinski definition) is 0. The molecule has 11 heteroatoms. The van der Waals surface area contributed by atoms with E-state index >= 15 is 0 Å². The van der Waals surface area contributed by atoms with Crippen LogP contribution in [0.4, 0.5) is 23.2 Å². The van der Waals surface area contributed by atoms with Gasteiger partial charge in [0.15, 0.2) is 0 Å². The third kappa shape index (κ3) is 4.91. The van der Waals surface area contributed by atoms with Gasteiger partial charge in [0, 0.05) is 17.9 Å². The second-order valence-electron chi connectivity index (χ2n) is 6.09. The van der Waals surface area contributed by atoms with E-state index in [9.17, 15) is 21.8 Å². The molecule has 1 aromatic heterocycles. The predicted molar refractivity (Wildman–Crippen MR) is 97.5 cm³/mol. The molecule has 0 saturated carbocycles. The lowest BCUT2D eigenvalue weighted by Crippen LogP contribution is -2.04. The van der Waals surface area contributed by atoms with E-state index in [4.69, 9.17) is 4.74 Å². The van der Waals surface area contributed by atoms with Crippen molar-refractivity contribution < 1.29 is 31.0 Å². The molecule has 1 heterocycles. The topological polar surface area (TPSA) is 77.6 Å². The lowest BCUT2D eigenvalue weighted by Gasteiger charge is -2.08. The van der Waals surface area contributed by atoms with Gasteiger partial charge in [-0.2, -0.15) is 22.5 Å². The molecule has 0 fully saturated rings. The van der Waals surface area contributed by atoms with E-state index in [0.717, 1.165) is 0 Å². The molecule has 1 unspecified atom stereocenters. The highest BCUT2D eigenvalue weighted by molar-refractivity contribution is 7.92. The zero-order valence-corrected chi connectivity index (χ0v) is 16.1. The Hall–Kier alpha value is -2.95. The van der Waals surface area contributed by atoms with Crippen LogP contribution >= 0.6 is 0 Å². The van der Waals surface area contributed by atoms with Gasteiger partial charge in [0.2, 0.25) is 5.82 Å². The molecule has 1 atom stereocenters. The summed E-state index contributed by atoms with van der Waals surface area (Å²) < 4.78 is 78.1. The third-order valence-electron chi connectivity index (χ3n) is 3.77. The van der Waals surface area contributed by atoms with Gasteiger partial charge in [-0.1, -0.05) is 23.4 Å². The molecular weight excluding hydrogens is 414 g/mol. The fourth-order valence-electron chi connectivity index (χ4n) is 2.53. The van der Waals surface area contributed by atoms with Gasteiger partial charge in [-0.25, -0.2) is 8.60 Å². The maximum Gasteiger partial charge on any atom is 0.471 e. The van der Waals surface area contributed by atoms with Gasteiger partial charge in [-0.15, -0.1) is 0 Å². The van der Waals surface area contributed by atoms with Crippen molar-refractivity contribution in [2.75, 3.05) is 13.4 Å². The first-order chi connectivity index (χ1) is 13.6. The minimum absolute atomic E-state index is 0.108. The minimum atomic E-state index is -4.77. The first-order valence-corrected chi connectivity index (χ1v) is 10.2. The molecule has 0 saturated heterocycles. The molecular formula is C18H15F4N3O3S. The fraction of sp³-hybridized carbons (Fsp3) is 0.222. The van der Waals surface area contributed by atoms with Crippen molar-refractivity contribution in [3.8, 4) is 17.1 Å². The molecule has 0 amide bonds. The average Bonchev–Trinajstić information content (AvgIpc) is 3.13. The molecule has 29 heavy (non-hydrogen) atoms. The summed E-state index contributed by atoms with van der Waals surface area (Å²) >= 11 is 0. The summed E-state index contributed by atoms with van der Waals surface area (Å²) in [5.41, 5.74) is 0.648. The maximum absolute atomic E-state index is 13.8. The van der Waals surface area contributed by atoms with E-state index in [1.807, 2.05) is 0 Å². The highest BCUT2D eigenvalue weighted by atomic mass is 32.2. The minimum Gasteiger partial charge on any atom is -0.496 e. The molecule has 0 aliphatic rings. The smallest absolute Gasteiger partial charge is 0.471 e. The number of halogens is 4. The number of nitrogens with zero attached hydrogens (tertiary/aromatic N) is 3. The number of rotatable bonds is 5. The second kappa shape index (κ2) is 7.82. The van der Waals surface area contributed by atoms with Crippen LogP contribution in [-0.4, -0.2) is 27.7 Å². The SMILES string of the molecule is COc1cc(N=S(C)(=O)Cc2ccccc2F)ccc1-c1noc(C(F)(F)F)n1. The number of ether oxygens (including phenoxy) is 1. The highest BCUT2D eigenvalue weighted by Gasteiger charge is 2.38. The van der Waals surface area contributed by atoms with E-state index < -0.39 is 27.6 Å².